The predicted molar refractivity (Wildman–Crippen MR) is 205 cm³/mol. The van der Waals surface area contributed by atoms with Gasteiger partial charge in [0, 0.05) is 12.0 Å². The molecule has 0 bridgehead atoms. The van der Waals surface area contributed by atoms with E-state index < -0.39 is 52.7 Å². The van der Waals surface area contributed by atoms with E-state index in [2.05, 4.69) is 34.7 Å². The van der Waals surface area contributed by atoms with Crippen LogP contribution in [0.3, 0.4) is 0 Å². The number of nitrogens with zero attached hydrogens (tertiary/aromatic N) is 2. The van der Waals surface area contributed by atoms with Gasteiger partial charge >= 0.3 is 0 Å². The molecular weight excluding hydrogens is 684 g/mol. The Kier molecular flexibility index (Phi) is 11.1. The molecule has 5 atom stereocenters. The van der Waals surface area contributed by atoms with Crippen LogP contribution in [0.25, 0.3) is 0 Å². The molecule has 5 N–H and O–H groups in total. The van der Waals surface area contributed by atoms with E-state index in [-0.39, 0.29) is 45.8 Å². The molecule has 3 unspecified atom stereocenters. The van der Waals surface area contributed by atoms with Crippen molar-refractivity contribution in [2.24, 2.45) is 39.2 Å². The molecule has 2 spiro atoms. The van der Waals surface area contributed by atoms with Crippen LogP contribution < -0.4 is 21.7 Å². The summed E-state index contributed by atoms with van der Waals surface area (Å²) in [6.45, 7) is 16.1. The molecule has 12 heteroatoms. The van der Waals surface area contributed by atoms with E-state index in [1.165, 1.54) is 0 Å². The quantitative estimate of drug-likeness (QED) is 0.206. The molecule has 6 rings (SSSR count). The molecule has 2 heterocycles. The summed E-state index contributed by atoms with van der Waals surface area (Å²) >= 11 is 0. The number of ketones is 1. The van der Waals surface area contributed by atoms with Gasteiger partial charge in [0.15, 0.2) is 0 Å². The summed E-state index contributed by atoms with van der Waals surface area (Å²) in [5.41, 5.74) is 3.59. The first-order chi connectivity index (χ1) is 25.3. The SMILES string of the molecule is CC(C)(C)C(NC(=O)C(NC(=O)C(C)(C)N1CCCC1)C1CCCCC1)C(=O)N1C[C@]2(C[C@H]1C(=O)NC(CC1CCC1)C(=O)C(N)=O)C(C)(C)C21CCC1. The minimum atomic E-state index is -1.08. The van der Waals surface area contributed by atoms with Gasteiger partial charge in [0.2, 0.25) is 29.4 Å². The van der Waals surface area contributed by atoms with E-state index in [4.69, 9.17) is 5.73 Å². The van der Waals surface area contributed by atoms with Crippen LogP contribution in [0.1, 0.15) is 145 Å². The maximum Gasteiger partial charge on any atom is 0.287 e. The third-order valence-corrected chi connectivity index (χ3v) is 15.6. The molecule has 6 fully saturated rings. The molecular formula is C42H68N6O6. The molecule has 2 saturated heterocycles. The van der Waals surface area contributed by atoms with Crippen molar-refractivity contribution < 1.29 is 28.8 Å². The fraction of sp³-hybridized carbons (Fsp3) is 0.857. The number of likely N-dealkylation sites (tertiary alicyclic amines) is 2. The van der Waals surface area contributed by atoms with Crippen molar-refractivity contribution in [1.82, 2.24) is 25.8 Å². The van der Waals surface area contributed by atoms with Gasteiger partial charge in [0.1, 0.15) is 18.1 Å². The standard InChI is InChI=1S/C42H68N6O6/c1-38(2,3)32(46-35(52)30(27-17-9-8-10-18-27)45-37(54)39(4,5)47-21-11-12-22-47)36(53)48-25-42(40(6,7)41(42)19-14-20-41)24-29(48)34(51)44-28(31(49)33(43)50)23-26-15-13-16-26/h26-30,32H,8-25H2,1-7H3,(H2,43,50)(H,44,51)(H,45,54)(H,46,52)/t28?,29-,30?,32?,42+/m0/s1. The first-order valence-electron chi connectivity index (χ1n) is 21.1. The van der Waals surface area contributed by atoms with Crippen LogP contribution in [0.4, 0.5) is 0 Å². The Morgan fingerprint density at radius 3 is 1.91 bits per heavy atom. The third-order valence-electron chi connectivity index (χ3n) is 15.6. The number of primary amides is 1. The summed E-state index contributed by atoms with van der Waals surface area (Å²) in [7, 11) is 0. The van der Waals surface area contributed by atoms with Crippen molar-refractivity contribution >= 4 is 35.3 Å². The maximum atomic E-state index is 15.1. The molecule has 5 amide bonds. The van der Waals surface area contributed by atoms with E-state index in [9.17, 15) is 24.0 Å². The van der Waals surface area contributed by atoms with E-state index in [1.807, 2.05) is 34.6 Å². The van der Waals surface area contributed by atoms with Crippen LogP contribution in [-0.2, 0) is 28.8 Å². The lowest BCUT2D eigenvalue weighted by atomic mass is 9.73. The average molecular weight is 753 g/mol. The molecule has 4 aliphatic carbocycles. The topological polar surface area (TPSA) is 171 Å². The Labute approximate surface area is 322 Å². The van der Waals surface area contributed by atoms with Crippen molar-refractivity contribution in [1.29, 1.82) is 0 Å². The summed E-state index contributed by atoms with van der Waals surface area (Å²) in [5, 5.41) is 9.21. The molecule has 2 aliphatic heterocycles. The summed E-state index contributed by atoms with van der Waals surface area (Å²) in [6.07, 6.45) is 13.6. The normalized spacial score (nSPS) is 28.4. The van der Waals surface area contributed by atoms with Crippen molar-refractivity contribution in [3.05, 3.63) is 0 Å². The highest BCUT2D eigenvalue weighted by Gasteiger charge is 2.85. The van der Waals surface area contributed by atoms with Crippen molar-refractivity contribution in [2.45, 2.75) is 174 Å². The van der Waals surface area contributed by atoms with Crippen LogP contribution in [0.5, 0.6) is 0 Å². The van der Waals surface area contributed by atoms with Crippen LogP contribution in [-0.4, -0.2) is 94.5 Å². The molecule has 0 aromatic carbocycles. The highest BCUT2D eigenvalue weighted by molar-refractivity contribution is 6.37. The van der Waals surface area contributed by atoms with E-state index >= 15 is 4.79 Å². The molecule has 4 saturated carbocycles. The predicted octanol–water partition coefficient (Wildman–Crippen LogP) is 3.98. The van der Waals surface area contributed by atoms with Gasteiger partial charge in [-0.2, -0.15) is 0 Å². The summed E-state index contributed by atoms with van der Waals surface area (Å²) in [4.78, 5) is 87.0. The van der Waals surface area contributed by atoms with Crippen molar-refractivity contribution in [2.75, 3.05) is 19.6 Å². The lowest BCUT2D eigenvalue weighted by molar-refractivity contribution is -0.146. The van der Waals surface area contributed by atoms with E-state index in [0.29, 0.717) is 19.4 Å². The summed E-state index contributed by atoms with van der Waals surface area (Å²) < 4.78 is 0. The Morgan fingerprint density at radius 2 is 1.41 bits per heavy atom. The van der Waals surface area contributed by atoms with Crippen LogP contribution >= 0.6 is 0 Å². The Balaban J connectivity index is 1.27. The second-order valence-electron chi connectivity index (χ2n) is 20.1. The Hall–Kier alpha value is -3.02. The lowest BCUT2D eigenvalue weighted by Crippen LogP contribution is -2.64. The van der Waals surface area contributed by atoms with Gasteiger partial charge < -0.3 is 26.6 Å². The second kappa shape index (κ2) is 14.8. The summed E-state index contributed by atoms with van der Waals surface area (Å²) in [5.74, 6) is -3.06. The molecule has 302 valence electrons. The zero-order valence-electron chi connectivity index (χ0n) is 34.1. The fourth-order valence-electron chi connectivity index (χ4n) is 11.4. The number of hydrogen-bond acceptors (Lipinski definition) is 7. The van der Waals surface area contributed by atoms with Crippen molar-refractivity contribution in [3.8, 4) is 0 Å². The minimum absolute atomic E-state index is 0.0287. The number of fused-ring (bicyclic) bond motifs is 1. The first kappa shape index (κ1) is 40.6. The monoisotopic (exact) mass is 753 g/mol. The number of nitrogens with two attached hydrogens (primary N) is 1. The number of Topliss-reactive ketones (excluding diaryl/α,β-unsaturated/α-hetero) is 1. The molecule has 0 aromatic heterocycles. The Bertz CT molecular complexity index is 1500. The first-order valence-corrected chi connectivity index (χ1v) is 21.1. The highest BCUT2D eigenvalue weighted by atomic mass is 16.2. The number of nitrogens with one attached hydrogen (secondary N) is 3. The number of amides is 5. The zero-order chi connectivity index (χ0) is 39.4. The maximum absolute atomic E-state index is 15.1. The van der Waals surface area contributed by atoms with Gasteiger partial charge in [-0.1, -0.05) is 79.6 Å². The van der Waals surface area contributed by atoms with Gasteiger partial charge in [-0.05, 0) is 106 Å². The smallest absolute Gasteiger partial charge is 0.287 e. The van der Waals surface area contributed by atoms with Crippen LogP contribution in [0, 0.1) is 33.5 Å². The van der Waals surface area contributed by atoms with Gasteiger partial charge in [-0.25, -0.2) is 0 Å². The molecule has 54 heavy (non-hydrogen) atoms. The minimum Gasteiger partial charge on any atom is -0.363 e. The van der Waals surface area contributed by atoms with Gasteiger partial charge in [0.25, 0.3) is 5.91 Å². The van der Waals surface area contributed by atoms with Crippen LogP contribution in [0.2, 0.25) is 0 Å². The second-order valence-corrected chi connectivity index (χ2v) is 20.1. The number of rotatable bonds is 13. The van der Waals surface area contributed by atoms with E-state index in [0.717, 1.165) is 96.6 Å². The van der Waals surface area contributed by atoms with Crippen molar-refractivity contribution in [3.63, 3.8) is 0 Å². The third kappa shape index (κ3) is 6.99. The largest absolute Gasteiger partial charge is 0.363 e. The fourth-order valence-corrected chi connectivity index (χ4v) is 11.4. The summed E-state index contributed by atoms with van der Waals surface area (Å²) in [6, 6.07) is -3.70. The number of hydrogen-bond donors (Lipinski definition) is 4. The molecule has 6 aliphatic rings. The molecule has 0 radical (unpaired) electrons. The van der Waals surface area contributed by atoms with Gasteiger partial charge in [-0.3, -0.25) is 33.7 Å². The molecule has 12 nitrogen and oxygen atoms in total. The Morgan fingerprint density at radius 1 is 0.778 bits per heavy atom. The average Bonchev–Trinajstić information content (AvgIpc) is 3.57. The van der Waals surface area contributed by atoms with E-state index in [1.54, 1.807) is 4.90 Å². The lowest BCUT2D eigenvalue weighted by Gasteiger charge is -2.39. The molecule has 0 aromatic rings. The van der Waals surface area contributed by atoms with Gasteiger partial charge in [0.05, 0.1) is 11.6 Å². The highest BCUT2D eigenvalue weighted by Crippen LogP contribution is 2.88. The number of carbonyl (C=O) groups is 6. The zero-order valence-corrected chi connectivity index (χ0v) is 34.1. The number of carbonyl (C=O) groups excluding carboxylic acids is 6. The van der Waals surface area contributed by atoms with Gasteiger partial charge in [-0.15, -0.1) is 0 Å². The van der Waals surface area contributed by atoms with Crippen LogP contribution in [0.15, 0.2) is 0 Å².